The minimum atomic E-state index is 0.537. The summed E-state index contributed by atoms with van der Waals surface area (Å²) in [6.45, 7) is 18.4. The lowest BCUT2D eigenvalue weighted by Crippen LogP contribution is -1.74. The molecule has 0 saturated carbocycles. The van der Waals surface area contributed by atoms with Gasteiger partial charge in [0.1, 0.15) is 0 Å². The van der Waals surface area contributed by atoms with Crippen molar-refractivity contribution in [2.45, 2.75) is 62.3 Å². The molecule has 18 heavy (non-hydrogen) atoms. The van der Waals surface area contributed by atoms with Crippen LogP contribution < -0.4 is 0 Å². The Hall–Kier alpha value is -1.14. The lowest BCUT2D eigenvalue weighted by Gasteiger charge is -1.86. The van der Waals surface area contributed by atoms with Crippen molar-refractivity contribution in [3.63, 3.8) is 0 Å². The summed E-state index contributed by atoms with van der Waals surface area (Å²) in [5.41, 5.74) is 0. The Morgan fingerprint density at radius 1 is 0.722 bits per heavy atom. The maximum absolute atomic E-state index is 2.96. The molecule has 0 aromatic heterocycles. The molecule has 0 atom stereocenters. The van der Waals surface area contributed by atoms with Crippen molar-refractivity contribution in [3.8, 4) is 23.7 Å². The van der Waals surface area contributed by atoms with E-state index in [0.717, 1.165) is 5.92 Å². The minimum Gasteiger partial charge on any atom is -0.106 e. The van der Waals surface area contributed by atoms with Crippen LogP contribution in [-0.2, 0) is 0 Å². The number of hydrogen-bond donors (Lipinski definition) is 0. The van der Waals surface area contributed by atoms with Gasteiger partial charge >= 0.3 is 0 Å². The van der Waals surface area contributed by atoms with Gasteiger partial charge in [0.05, 0.1) is 0 Å². The molecule has 0 radical (unpaired) electrons. The van der Waals surface area contributed by atoms with E-state index in [-0.39, 0.29) is 0 Å². The summed E-state index contributed by atoms with van der Waals surface area (Å²) < 4.78 is 0. The molecule has 0 fully saturated rings. The van der Waals surface area contributed by atoms with Crippen LogP contribution in [0.4, 0.5) is 0 Å². The molecule has 0 heterocycles. The molecule has 0 N–H and O–H groups in total. The van der Waals surface area contributed by atoms with E-state index in [1.165, 1.54) is 0 Å². The van der Waals surface area contributed by atoms with E-state index in [0.29, 0.717) is 11.8 Å². The normalized spacial score (nSPS) is 8.67. The first-order valence-corrected chi connectivity index (χ1v) is 6.79. The number of rotatable bonds is 1. The van der Waals surface area contributed by atoms with Gasteiger partial charge in [-0.3, -0.25) is 0 Å². The van der Waals surface area contributed by atoms with E-state index in [9.17, 15) is 0 Å². The zero-order valence-electron chi connectivity index (χ0n) is 13.9. The van der Waals surface area contributed by atoms with Crippen molar-refractivity contribution in [2.24, 2.45) is 17.8 Å². The van der Waals surface area contributed by atoms with Crippen LogP contribution in [0, 0.1) is 41.4 Å². The Labute approximate surface area is 116 Å². The molecule has 0 rings (SSSR count). The third-order valence-electron chi connectivity index (χ3n) is 1.44. The second-order valence-electron chi connectivity index (χ2n) is 4.87. The Bertz CT molecular complexity index is 257. The molecule has 0 aliphatic carbocycles. The van der Waals surface area contributed by atoms with Gasteiger partial charge in [-0.2, -0.15) is 0 Å². The van der Waals surface area contributed by atoms with Crippen LogP contribution in [-0.4, -0.2) is 0 Å². The smallest absolute Gasteiger partial charge is 0.0146 e. The highest BCUT2D eigenvalue weighted by Gasteiger charge is 1.77. The van der Waals surface area contributed by atoms with Crippen LogP contribution in [0.5, 0.6) is 0 Å². The summed E-state index contributed by atoms with van der Waals surface area (Å²) >= 11 is 0. The highest BCUT2D eigenvalue weighted by atomic mass is 13.8. The van der Waals surface area contributed by atoms with Crippen molar-refractivity contribution in [3.05, 3.63) is 12.2 Å². The first kappa shape index (κ1) is 22.1. The molecule has 0 bridgehead atoms. The molecule has 0 amide bonds. The lowest BCUT2D eigenvalue weighted by atomic mass is 10.2. The zero-order chi connectivity index (χ0) is 15.0. The van der Waals surface area contributed by atoms with Crippen molar-refractivity contribution in [1.82, 2.24) is 0 Å². The molecule has 0 spiro atoms. The molecule has 0 unspecified atom stereocenters. The third-order valence-corrected chi connectivity index (χ3v) is 1.44. The van der Waals surface area contributed by atoms with E-state index in [1.54, 1.807) is 0 Å². The summed E-state index contributed by atoms with van der Waals surface area (Å²) in [7, 11) is 0. The topological polar surface area (TPSA) is 0 Å². The average Bonchev–Trinajstić information content (AvgIpc) is 2.18. The molecule has 0 aliphatic heterocycles. The zero-order valence-corrected chi connectivity index (χ0v) is 13.9. The standard InChI is InChI=1S/C6H12.2C6H10/c3*1-4-5-6(2)3/h4-6H,1-3H3;2*6H,1-3H3/b5-4+;;. The monoisotopic (exact) mass is 248 g/mol. The Kier molecular flexibility index (Phi) is 22.4. The molecule has 0 aromatic carbocycles. The summed E-state index contributed by atoms with van der Waals surface area (Å²) in [4.78, 5) is 0. The van der Waals surface area contributed by atoms with E-state index in [4.69, 9.17) is 0 Å². The second kappa shape index (κ2) is 18.2. The molecule has 0 saturated heterocycles. The predicted molar refractivity (Wildman–Crippen MR) is 86.2 cm³/mol. The van der Waals surface area contributed by atoms with E-state index in [1.807, 2.05) is 20.8 Å². The molecule has 0 heteroatoms. The van der Waals surface area contributed by atoms with Crippen LogP contribution in [0.25, 0.3) is 0 Å². The molecule has 0 aromatic rings. The second-order valence-corrected chi connectivity index (χ2v) is 4.87. The molecule has 104 valence electrons. The van der Waals surface area contributed by atoms with Crippen LogP contribution in [0.15, 0.2) is 12.2 Å². The average molecular weight is 248 g/mol. The fraction of sp³-hybridized carbons (Fsp3) is 0.667. The van der Waals surface area contributed by atoms with Gasteiger partial charge in [0, 0.05) is 11.8 Å². The van der Waals surface area contributed by atoms with E-state index >= 15 is 0 Å². The quantitative estimate of drug-likeness (QED) is 0.421. The number of allylic oxidation sites excluding steroid dienone is 2. The van der Waals surface area contributed by atoms with Gasteiger partial charge in [-0.15, -0.1) is 23.7 Å². The summed E-state index contributed by atoms with van der Waals surface area (Å²) in [5, 5.41) is 0. The first-order valence-electron chi connectivity index (χ1n) is 6.79. The number of hydrogen-bond acceptors (Lipinski definition) is 0. The predicted octanol–water partition coefficient (Wildman–Crippen LogP) is 5.55. The fourth-order valence-corrected chi connectivity index (χ4v) is 0.962. The Balaban J connectivity index is -0.000000187. The highest BCUT2D eigenvalue weighted by Crippen LogP contribution is 1.90. The van der Waals surface area contributed by atoms with Gasteiger partial charge in [-0.25, -0.2) is 0 Å². The summed E-state index contributed by atoms with van der Waals surface area (Å²) in [6.07, 6.45) is 4.24. The molecule has 0 aliphatic rings. The molecular weight excluding hydrogens is 216 g/mol. The lowest BCUT2D eigenvalue weighted by molar-refractivity contribution is 0.830. The SMILES string of the molecule is C/C=C/C(C)C.CC#CC(C)C.CC#CC(C)C. The molecule has 0 nitrogen and oxygen atoms in total. The first-order chi connectivity index (χ1) is 8.31. The van der Waals surface area contributed by atoms with Crippen LogP contribution in [0.1, 0.15) is 62.3 Å². The van der Waals surface area contributed by atoms with Gasteiger partial charge in [-0.1, -0.05) is 53.7 Å². The minimum absolute atomic E-state index is 0.537. The van der Waals surface area contributed by atoms with Crippen molar-refractivity contribution in [1.29, 1.82) is 0 Å². The van der Waals surface area contributed by atoms with Crippen molar-refractivity contribution < 1.29 is 0 Å². The van der Waals surface area contributed by atoms with Gasteiger partial charge < -0.3 is 0 Å². The van der Waals surface area contributed by atoms with Gasteiger partial charge in [0.2, 0.25) is 0 Å². The Morgan fingerprint density at radius 2 is 1.06 bits per heavy atom. The maximum Gasteiger partial charge on any atom is 0.0146 e. The molecular formula is C18H32. The largest absolute Gasteiger partial charge is 0.106 e. The summed E-state index contributed by atoms with van der Waals surface area (Å²) in [5.74, 6) is 13.3. The third kappa shape index (κ3) is 46.2. The van der Waals surface area contributed by atoms with Crippen molar-refractivity contribution in [2.75, 3.05) is 0 Å². The fourth-order valence-electron chi connectivity index (χ4n) is 0.962. The van der Waals surface area contributed by atoms with E-state index in [2.05, 4.69) is 77.4 Å². The highest BCUT2D eigenvalue weighted by molar-refractivity contribution is 4.97. The van der Waals surface area contributed by atoms with Crippen LogP contribution in [0.2, 0.25) is 0 Å². The van der Waals surface area contributed by atoms with Gasteiger partial charge in [-0.05, 0) is 26.7 Å². The van der Waals surface area contributed by atoms with Gasteiger partial charge in [0.15, 0.2) is 0 Å². The van der Waals surface area contributed by atoms with E-state index < -0.39 is 0 Å². The maximum atomic E-state index is 2.96. The van der Waals surface area contributed by atoms with Crippen LogP contribution in [0.3, 0.4) is 0 Å². The van der Waals surface area contributed by atoms with Crippen LogP contribution >= 0.6 is 0 Å². The Morgan fingerprint density at radius 3 is 1.06 bits per heavy atom. The van der Waals surface area contributed by atoms with Gasteiger partial charge in [0.25, 0.3) is 0 Å². The van der Waals surface area contributed by atoms with Crippen molar-refractivity contribution >= 4 is 0 Å². The summed E-state index contributed by atoms with van der Waals surface area (Å²) in [6, 6.07) is 0.